The van der Waals surface area contributed by atoms with Gasteiger partial charge in [0.2, 0.25) is 0 Å². The van der Waals surface area contributed by atoms with Gasteiger partial charge in [0.05, 0.1) is 6.67 Å². The summed E-state index contributed by atoms with van der Waals surface area (Å²) >= 11 is 1.82. The van der Waals surface area contributed by atoms with E-state index < -0.39 is 0 Å². The summed E-state index contributed by atoms with van der Waals surface area (Å²) in [7, 11) is 0. The van der Waals surface area contributed by atoms with Crippen LogP contribution in [0.1, 0.15) is 0 Å². The molecule has 4 fully saturated rings. The van der Waals surface area contributed by atoms with Crippen molar-refractivity contribution in [2.45, 2.75) is 0 Å². The van der Waals surface area contributed by atoms with Gasteiger partial charge in [-0.3, -0.25) is 0 Å². The standard InChI is InChI=1S/C5H10N4S/c1-5-2-8-4-7(1)6-9(3-5)10-8/h5-6H,1-4H2. The highest BCUT2D eigenvalue weighted by Gasteiger charge is 2.39. The van der Waals surface area contributed by atoms with E-state index in [1.165, 1.54) is 19.6 Å². The predicted molar refractivity (Wildman–Crippen MR) is 39.2 cm³/mol. The molecule has 0 aromatic carbocycles. The molecule has 0 saturated carbocycles. The molecule has 5 heteroatoms. The van der Waals surface area contributed by atoms with E-state index in [1.807, 2.05) is 12.1 Å². The zero-order valence-corrected chi connectivity index (χ0v) is 6.47. The third-order valence-corrected chi connectivity index (χ3v) is 3.08. The summed E-state index contributed by atoms with van der Waals surface area (Å²) in [6.07, 6.45) is 0. The number of hydrazine groups is 2. The SMILES string of the molecule is C1C2CN3CN1NN(C2)S3. The van der Waals surface area contributed by atoms with Crippen LogP contribution in [0.2, 0.25) is 0 Å². The minimum Gasteiger partial charge on any atom is -0.220 e. The summed E-state index contributed by atoms with van der Waals surface area (Å²) in [5.74, 6) is 0.872. The van der Waals surface area contributed by atoms with Gasteiger partial charge in [-0.1, -0.05) is 0 Å². The van der Waals surface area contributed by atoms with Crippen LogP contribution in [-0.4, -0.2) is 40.0 Å². The van der Waals surface area contributed by atoms with Crippen molar-refractivity contribution < 1.29 is 0 Å². The van der Waals surface area contributed by atoms with Gasteiger partial charge in [0.15, 0.2) is 0 Å². The molecule has 4 nitrogen and oxygen atoms in total. The van der Waals surface area contributed by atoms with Crippen molar-refractivity contribution in [3.63, 3.8) is 0 Å². The molecule has 0 aromatic rings. The van der Waals surface area contributed by atoms with Crippen molar-refractivity contribution in [1.82, 2.24) is 19.3 Å². The third kappa shape index (κ3) is 0.724. The molecule has 4 aliphatic rings. The lowest BCUT2D eigenvalue weighted by molar-refractivity contribution is -0.0693. The summed E-state index contributed by atoms with van der Waals surface area (Å²) in [5, 5.41) is 2.27. The molecule has 0 spiro atoms. The lowest BCUT2D eigenvalue weighted by atomic mass is 10.1. The smallest absolute Gasteiger partial charge is 0.0769 e. The van der Waals surface area contributed by atoms with Crippen molar-refractivity contribution >= 4 is 12.1 Å². The summed E-state index contributed by atoms with van der Waals surface area (Å²) in [5.41, 5.74) is 3.30. The van der Waals surface area contributed by atoms with Crippen molar-refractivity contribution in [1.29, 1.82) is 0 Å². The maximum absolute atomic E-state index is 3.30. The molecular weight excluding hydrogens is 148 g/mol. The van der Waals surface area contributed by atoms with Crippen molar-refractivity contribution in [2.24, 2.45) is 5.92 Å². The second-order valence-electron chi connectivity index (χ2n) is 3.14. The van der Waals surface area contributed by atoms with Crippen LogP contribution >= 0.6 is 12.1 Å². The fourth-order valence-corrected chi connectivity index (χ4v) is 3.01. The highest BCUT2D eigenvalue weighted by molar-refractivity contribution is 7.94. The van der Waals surface area contributed by atoms with Gasteiger partial charge in [0.25, 0.3) is 0 Å². The molecule has 0 amide bonds. The Morgan fingerprint density at radius 2 is 2.30 bits per heavy atom. The number of hydrogen-bond donors (Lipinski definition) is 1. The molecule has 56 valence electrons. The highest BCUT2D eigenvalue weighted by Crippen LogP contribution is 2.32. The van der Waals surface area contributed by atoms with Gasteiger partial charge in [0.1, 0.15) is 0 Å². The average molecular weight is 158 g/mol. The summed E-state index contributed by atoms with van der Waals surface area (Å²) in [6, 6.07) is 0. The van der Waals surface area contributed by atoms with E-state index >= 15 is 0 Å². The first-order valence-corrected chi connectivity index (χ1v) is 4.35. The molecule has 4 unspecified atom stereocenters. The zero-order valence-electron chi connectivity index (χ0n) is 5.66. The fraction of sp³-hybridized carbons (Fsp3) is 1.00. The van der Waals surface area contributed by atoms with E-state index in [9.17, 15) is 0 Å². The molecule has 4 bridgehead atoms. The average Bonchev–Trinajstić information content (AvgIpc) is 1.82. The van der Waals surface area contributed by atoms with Gasteiger partial charge < -0.3 is 0 Å². The van der Waals surface area contributed by atoms with Gasteiger partial charge in [-0.25, -0.2) is 9.31 Å². The van der Waals surface area contributed by atoms with Crippen LogP contribution in [0.5, 0.6) is 0 Å². The summed E-state index contributed by atoms with van der Waals surface area (Å²) in [4.78, 5) is 0. The highest BCUT2D eigenvalue weighted by atomic mass is 32.2. The third-order valence-electron chi connectivity index (χ3n) is 2.16. The monoisotopic (exact) mass is 158 g/mol. The number of nitrogens with one attached hydrogen (secondary N) is 1. The minimum atomic E-state index is 0.872. The minimum absolute atomic E-state index is 0.872. The first-order valence-electron chi connectivity index (χ1n) is 3.62. The second-order valence-corrected chi connectivity index (χ2v) is 4.26. The Hall–Kier alpha value is 0.190. The molecule has 10 heavy (non-hydrogen) atoms. The Morgan fingerprint density at radius 1 is 1.30 bits per heavy atom. The Labute approximate surface area is 64.3 Å². The van der Waals surface area contributed by atoms with Crippen molar-refractivity contribution in [2.75, 3.05) is 26.3 Å². The predicted octanol–water partition coefficient (Wildman–Crippen LogP) is -0.510. The zero-order chi connectivity index (χ0) is 6.55. The molecule has 4 rings (SSSR count). The molecule has 0 aliphatic carbocycles. The van der Waals surface area contributed by atoms with Crippen LogP contribution in [0, 0.1) is 5.92 Å². The Morgan fingerprint density at radius 3 is 3.00 bits per heavy atom. The van der Waals surface area contributed by atoms with E-state index in [0.29, 0.717) is 0 Å². The number of rotatable bonds is 0. The topological polar surface area (TPSA) is 21.8 Å². The van der Waals surface area contributed by atoms with Gasteiger partial charge in [-0.15, -0.1) is 0 Å². The lowest BCUT2D eigenvalue weighted by Gasteiger charge is -2.53. The molecule has 0 radical (unpaired) electrons. The largest absolute Gasteiger partial charge is 0.220 e. The Bertz CT molecular complexity index is 105. The first-order chi connectivity index (χ1) is 4.90. The molecule has 4 atom stereocenters. The first kappa shape index (κ1) is 5.79. The normalized spacial score (nSPS) is 57.6. The van der Waals surface area contributed by atoms with Crippen LogP contribution < -0.4 is 5.53 Å². The van der Waals surface area contributed by atoms with Gasteiger partial charge >= 0.3 is 0 Å². The fourth-order valence-electron chi connectivity index (χ4n) is 1.83. The lowest BCUT2D eigenvalue weighted by Crippen LogP contribution is -2.68. The van der Waals surface area contributed by atoms with E-state index in [1.54, 1.807) is 0 Å². The maximum Gasteiger partial charge on any atom is 0.0769 e. The van der Waals surface area contributed by atoms with Crippen LogP contribution in [0.3, 0.4) is 0 Å². The van der Waals surface area contributed by atoms with E-state index in [-0.39, 0.29) is 0 Å². The molecule has 4 saturated heterocycles. The van der Waals surface area contributed by atoms with E-state index in [2.05, 4.69) is 19.3 Å². The molecule has 4 aliphatic heterocycles. The molecule has 4 heterocycles. The number of hydrogen-bond acceptors (Lipinski definition) is 5. The van der Waals surface area contributed by atoms with Crippen LogP contribution in [0.25, 0.3) is 0 Å². The number of nitrogens with zero attached hydrogens (tertiary/aromatic N) is 3. The van der Waals surface area contributed by atoms with Crippen molar-refractivity contribution in [3.05, 3.63) is 0 Å². The van der Waals surface area contributed by atoms with E-state index in [4.69, 9.17) is 0 Å². The molecular formula is C5H10N4S. The quantitative estimate of drug-likeness (QED) is 0.478. The summed E-state index contributed by atoms with van der Waals surface area (Å²) in [6.45, 7) is 4.79. The van der Waals surface area contributed by atoms with Crippen molar-refractivity contribution in [3.8, 4) is 0 Å². The van der Waals surface area contributed by atoms with E-state index in [0.717, 1.165) is 12.6 Å². The molecule has 0 aromatic heterocycles. The Kier molecular flexibility index (Phi) is 1.08. The molecule has 1 N–H and O–H groups in total. The maximum atomic E-state index is 3.30. The second kappa shape index (κ2) is 1.86. The van der Waals surface area contributed by atoms with Crippen LogP contribution in [0.4, 0.5) is 0 Å². The Balaban J connectivity index is 1.90. The van der Waals surface area contributed by atoms with Gasteiger partial charge in [-0.05, 0) is 0 Å². The summed E-state index contributed by atoms with van der Waals surface area (Å²) < 4.78 is 4.61. The van der Waals surface area contributed by atoms with Gasteiger partial charge in [-0.2, -0.15) is 9.95 Å². The van der Waals surface area contributed by atoms with Crippen LogP contribution in [0.15, 0.2) is 0 Å². The van der Waals surface area contributed by atoms with Crippen LogP contribution in [-0.2, 0) is 0 Å². The van der Waals surface area contributed by atoms with Gasteiger partial charge in [0, 0.05) is 37.7 Å².